The zero-order chi connectivity index (χ0) is 15.3. The molecule has 0 aliphatic heterocycles. The van der Waals surface area contributed by atoms with Gasteiger partial charge in [-0.2, -0.15) is 0 Å². The number of hydrogen-bond acceptors (Lipinski definition) is 5. The van der Waals surface area contributed by atoms with Crippen molar-refractivity contribution in [2.45, 2.75) is 33.0 Å². The van der Waals surface area contributed by atoms with Crippen LogP contribution in [0.15, 0.2) is 12.1 Å². The minimum absolute atomic E-state index is 0.0194. The van der Waals surface area contributed by atoms with Crippen LogP contribution in [0.1, 0.15) is 32.4 Å². The second kappa shape index (κ2) is 7.09. The summed E-state index contributed by atoms with van der Waals surface area (Å²) < 4.78 is 28.8. The van der Waals surface area contributed by atoms with Crippen molar-refractivity contribution in [2.75, 3.05) is 13.7 Å². The summed E-state index contributed by atoms with van der Waals surface area (Å²) in [6, 6.07) is 2.15. The molecule has 0 spiro atoms. The largest absolute Gasteiger partial charge is 0.493 e. The van der Waals surface area contributed by atoms with Crippen LogP contribution < -0.4 is 9.47 Å². The Bertz CT molecular complexity index is 473. The summed E-state index contributed by atoms with van der Waals surface area (Å²) in [5.74, 6) is -1.27. The van der Waals surface area contributed by atoms with Crippen LogP contribution in [0.2, 0.25) is 0 Å². The van der Waals surface area contributed by atoms with Crippen LogP contribution in [-0.2, 0) is 9.53 Å². The Hall–Kier alpha value is -1.82. The van der Waals surface area contributed by atoms with Gasteiger partial charge in [-0.15, -0.1) is 0 Å². The average molecular weight is 286 g/mol. The highest BCUT2D eigenvalue weighted by molar-refractivity contribution is 5.78. The van der Waals surface area contributed by atoms with E-state index in [1.54, 1.807) is 20.8 Å². The number of halogens is 1. The molecule has 1 aromatic rings. The number of ether oxygens (including phenoxy) is 3. The molecule has 112 valence electrons. The van der Waals surface area contributed by atoms with E-state index in [0.29, 0.717) is 0 Å². The maximum Gasteiger partial charge on any atom is 0.339 e. The van der Waals surface area contributed by atoms with Gasteiger partial charge in [0.1, 0.15) is 5.82 Å². The normalized spacial score (nSPS) is 12.2. The first kappa shape index (κ1) is 16.2. The van der Waals surface area contributed by atoms with Gasteiger partial charge in [-0.3, -0.25) is 0 Å². The van der Waals surface area contributed by atoms with E-state index in [1.807, 2.05) is 0 Å². The number of hydrogen-bond donors (Lipinski definition) is 1. The third-order valence-corrected chi connectivity index (χ3v) is 2.43. The van der Waals surface area contributed by atoms with Gasteiger partial charge in [-0.25, -0.2) is 9.18 Å². The SMILES string of the molecule is CCOC(=O)C(O)c1cc(F)cc(OC)c1OC(C)C. The molecule has 0 saturated carbocycles. The summed E-state index contributed by atoms with van der Waals surface area (Å²) in [5, 5.41) is 9.98. The fourth-order valence-corrected chi connectivity index (χ4v) is 1.65. The molecule has 0 aromatic heterocycles. The van der Waals surface area contributed by atoms with Crippen LogP contribution in [0.25, 0.3) is 0 Å². The molecule has 20 heavy (non-hydrogen) atoms. The summed E-state index contributed by atoms with van der Waals surface area (Å²) in [6.07, 6.45) is -1.86. The zero-order valence-corrected chi connectivity index (χ0v) is 12.0. The summed E-state index contributed by atoms with van der Waals surface area (Å²) in [6.45, 7) is 5.26. The zero-order valence-electron chi connectivity index (χ0n) is 12.0. The third kappa shape index (κ3) is 3.84. The van der Waals surface area contributed by atoms with E-state index < -0.39 is 17.9 Å². The molecule has 1 atom stereocenters. The van der Waals surface area contributed by atoms with E-state index in [2.05, 4.69) is 0 Å². The monoisotopic (exact) mass is 286 g/mol. The van der Waals surface area contributed by atoms with Gasteiger partial charge in [0.25, 0.3) is 0 Å². The Morgan fingerprint density at radius 2 is 2.05 bits per heavy atom. The molecule has 1 N–H and O–H groups in total. The average Bonchev–Trinajstić information content (AvgIpc) is 2.39. The van der Waals surface area contributed by atoms with Crippen molar-refractivity contribution < 1.29 is 28.5 Å². The molecule has 0 heterocycles. The lowest BCUT2D eigenvalue weighted by Crippen LogP contribution is -2.18. The van der Waals surface area contributed by atoms with Gasteiger partial charge in [-0.05, 0) is 26.8 Å². The molecule has 0 bridgehead atoms. The van der Waals surface area contributed by atoms with Crippen molar-refractivity contribution in [3.63, 3.8) is 0 Å². The standard InChI is InChI=1S/C14H19FO5/c1-5-19-14(17)12(16)10-6-9(15)7-11(18-4)13(10)20-8(2)3/h6-8,12,16H,5H2,1-4H3. The molecule has 1 rings (SSSR count). The Kier molecular flexibility index (Phi) is 5.76. The number of carbonyl (C=O) groups excluding carboxylic acids is 1. The van der Waals surface area contributed by atoms with Gasteiger partial charge >= 0.3 is 5.97 Å². The molecule has 0 fully saturated rings. The fourth-order valence-electron chi connectivity index (χ4n) is 1.65. The van der Waals surface area contributed by atoms with Crippen LogP contribution in [-0.4, -0.2) is 30.9 Å². The maximum atomic E-state index is 13.5. The van der Waals surface area contributed by atoms with E-state index in [9.17, 15) is 14.3 Å². The Labute approximate surface area is 117 Å². The molecule has 1 aromatic carbocycles. The number of aliphatic hydroxyl groups is 1. The number of rotatable bonds is 6. The van der Waals surface area contributed by atoms with Gasteiger partial charge in [0.2, 0.25) is 0 Å². The molecule has 0 radical (unpaired) electrons. The predicted octanol–water partition coefficient (Wildman–Crippen LogP) is 2.22. The topological polar surface area (TPSA) is 65.0 Å². The van der Waals surface area contributed by atoms with Gasteiger partial charge in [0.15, 0.2) is 17.6 Å². The molecule has 6 heteroatoms. The second-order valence-corrected chi connectivity index (χ2v) is 4.35. The van der Waals surface area contributed by atoms with Crippen LogP contribution >= 0.6 is 0 Å². The van der Waals surface area contributed by atoms with Crippen LogP contribution in [0, 0.1) is 5.82 Å². The Morgan fingerprint density at radius 1 is 1.40 bits per heavy atom. The van der Waals surface area contributed by atoms with E-state index in [4.69, 9.17) is 14.2 Å². The van der Waals surface area contributed by atoms with Gasteiger partial charge in [0, 0.05) is 11.6 Å². The van der Waals surface area contributed by atoms with Crippen molar-refractivity contribution >= 4 is 5.97 Å². The lowest BCUT2D eigenvalue weighted by molar-refractivity contribution is -0.153. The highest BCUT2D eigenvalue weighted by atomic mass is 19.1. The molecule has 0 aliphatic carbocycles. The van der Waals surface area contributed by atoms with Crippen LogP contribution in [0.3, 0.4) is 0 Å². The molecule has 1 unspecified atom stereocenters. The van der Waals surface area contributed by atoms with E-state index in [0.717, 1.165) is 12.1 Å². The first-order chi connectivity index (χ1) is 9.40. The highest BCUT2D eigenvalue weighted by Crippen LogP contribution is 2.37. The van der Waals surface area contributed by atoms with Gasteiger partial charge in [-0.1, -0.05) is 0 Å². The minimum Gasteiger partial charge on any atom is -0.493 e. The summed E-state index contributed by atoms with van der Waals surface area (Å²) >= 11 is 0. The van der Waals surface area contributed by atoms with Crippen molar-refractivity contribution in [3.05, 3.63) is 23.5 Å². The van der Waals surface area contributed by atoms with E-state index >= 15 is 0 Å². The summed E-state index contributed by atoms with van der Waals surface area (Å²) in [4.78, 5) is 11.6. The van der Waals surface area contributed by atoms with Crippen molar-refractivity contribution in [1.82, 2.24) is 0 Å². The van der Waals surface area contributed by atoms with Crippen LogP contribution in [0.4, 0.5) is 4.39 Å². The van der Waals surface area contributed by atoms with E-state index in [-0.39, 0.29) is 29.8 Å². The molecular weight excluding hydrogens is 267 g/mol. The summed E-state index contributed by atoms with van der Waals surface area (Å²) in [7, 11) is 1.35. The smallest absolute Gasteiger partial charge is 0.339 e. The lowest BCUT2D eigenvalue weighted by atomic mass is 10.1. The molecule has 0 amide bonds. The minimum atomic E-state index is -1.63. The molecule has 5 nitrogen and oxygen atoms in total. The van der Waals surface area contributed by atoms with Gasteiger partial charge in [0.05, 0.1) is 19.8 Å². The number of carbonyl (C=O) groups is 1. The Morgan fingerprint density at radius 3 is 2.55 bits per heavy atom. The first-order valence-electron chi connectivity index (χ1n) is 6.29. The number of benzene rings is 1. The molecule has 0 saturated heterocycles. The molecule has 0 aliphatic rings. The molecular formula is C14H19FO5. The lowest BCUT2D eigenvalue weighted by Gasteiger charge is -2.19. The number of methoxy groups -OCH3 is 1. The maximum absolute atomic E-state index is 13.5. The van der Waals surface area contributed by atoms with Crippen molar-refractivity contribution in [2.24, 2.45) is 0 Å². The second-order valence-electron chi connectivity index (χ2n) is 4.35. The highest BCUT2D eigenvalue weighted by Gasteiger charge is 2.26. The van der Waals surface area contributed by atoms with E-state index in [1.165, 1.54) is 7.11 Å². The van der Waals surface area contributed by atoms with Crippen LogP contribution in [0.5, 0.6) is 11.5 Å². The third-order valence-electron chi connectivity index (χ3n) is 2.43. The van der Waals surface area contributed by atoms with Gasteiger partial charge < -0.3 is 19.3 Å². The quantitative estimate of drug-likeness (QED) is 0.812. The first-order valence-corrected chi connectivity index (χ1v) is 6.29. The summed E-state index contributed by atoms with van der Waals surface area (Å²) in [5.41, 5.74) is -0.0194. The van der Waals surface area contributed by atoms with Crippen molar-refractivity contribution in [1.29, 1.82) is 0 Å². The Balaban J connectivity index is 3.27. The number of esters is 1. The number of aliphatic hydroxyl groups excluding tert-OH is 1. The predicted molar refractivity (Wildman–Crippen MR) is 70.3 cm³/mol. The van der Waals surface area contributed by atoms with Crippen molar-refractivity contribution in [3.8, 4) is 11.5 Å². The fraction of sp³-hybridized carbons (Fsp3) is 0.500.